The second kappa shape index (κ2) is 10.3. The van der Waals surface area contributed by atoms with Crippen molar-refractivity contribution in [2.75, 3.05) is 0 Å². The average Bonchev–Trinajstić information content (AvgIpc) is 3.30. The largest absolute Gasteiger partial charge is 0.325 e. The van der Waals surface area contributed by atoms with E-state index in [1.165, 1.54) is 39.1 Å². The van der Waals surface area contributed by atoms with Crippen molar-refractivity contribution >= 4 is 11.8 Å². The minimum atomic E-state index is -0.0111. The van der Waals surface area contributed by atoms with E-state index in [0.29, 0.717) is 0 Å². The minimum Gasteiger partial charge on any atom is -0.325 e. The lowest BCUT2D eigenvalue weighted by Crippen LogP contribution is -2.04. The van der Waals surface area contributed by atoms with Crippen molar-refractivity contribution in [2.24, 2.45) is 4.99 Å². The van der Waals surface area contributed by atoms with Crippen LogP contribution in [0.1, 0.15) is 40.9 Å². The summed E-state index contributed by atoms with van der Waals surface area (Å²) in [6.07, 6.45) is 7.33. The van der Waals surface area contributed by atoms with E-state index in [1.54, 1.807) is 0 Å². The summed E-state index contributed by atoms with van der Waals surface area (Å²) < 4.78 is 2.23. The van der Waals surface area contributed by atoms with E-state index < -0.39 is 0 Å². The lowest BCUT2D eigenvalue weighted by molar-refractivity contribution is 0.586. The van der Waals surface area contributed by atoms with Crippen LogP contribution >= 0.6 is 0 Å². The Kier molecular flexibility index (Phi) is 7.04. The molecule has 1 heterocycles. The highest BCUT2D eigenvalue weighted by atomic mass is 15.1. The highest BCUT2D eigenvalue weighted by Gasteiger charge is 2.09. The van der Waals surface area contributed by atoms with Crippen molar-refractivity contribution in [1.82, 2.24) is 4.57 Å². The standard InChI is InChI=1S/C31H32N2/c1-23-19-24(2)21-30(20-23)29(17-16-27-12-9-8-11-25(27)3)22-32-26(4)33-18-10-15-31(33)28-13-6-5-7-14-28/h5-15,17-22,26H,16H2,1-4H3/b29-17+,32-22+/t26-/m1/s1. The third kappa shape index (κ3) is 5.59. The van der Waals surface area contributed by atoms with Gasteiger partial charge in [-0.2, -0.15) is 0 Å². The molecule has 0 aliphatic rings. The first-order chi connectivity index (χ1) is 16.0. The van der Waals surface area contributed by atoms with Gasteiger partial charge in [0.25, 0.3) is 0 Å². The molecule has 1 aromatic heterocycles. The number of hydrogen-bond donors (Lipinski definition) is 0. The van der Waals surface area contributed by atoms with Crippen LogP contribution < -0.4 is 0 Å². The molecule has 3 aromatic carbocycles. The molecule has 166 valence electrons. The molecule has 0 amide bonds. The fourth-order valence-electron chi connectivity index (χ4n) is 4.28. The minimum absolute atomic E-state index is 0.0111. The van der Waals surface area contributed by atoms with E-state index in [0.717, 1.165) is 12.0 Å². The van der Waals surface area contributed by atoms with Gasteiger partial charge in [-0.15, -0.1) is 0 Å². The van der Waals surface area contributed by atoms with E-state index >= 15 is 0 Å². The molecule has 0 N–H and O–H groups in total. The maximum atomic E-state index is 4.99. The van der Waals surface area contributed by atoms with E-state index in [9.17, 15) is 0 Å². The lowest BCUT2D eigenvalue weighted by Gasteiger charge is -2.15. The molecule has 0 saturated carbocycles. The molecule has 2 nitrogen and oxygen atoms in total. The van der Waals surface area contributed by atoms with Crippen LogP contribution in [-0.4, -0.2) is 10.8 Å². The van der Waals surface area contributed by atoms with Gasteiger partial charge in [0.15, 0.2) is 0 Å². The van der Waals surface area contributed by atoms with Crippen molar-refractivity contribution in [3.63, 3.8) is 0 Å². The number of aliphatic imine (C=N–C) groups is 1. The maximum Gasteiger partial charge on any atom is 0.122 e. The fraction of sp³-hybridized carbons (Fsp3) is 0.194. The number of hydrogen-bond acceptors (Lipinski definition) is 1. The Bertz CT molecular complexity index is 1260. The maximum absolute atomic E-state index is 4.99. The highest BCUT2D eigenvalue weighted by molar-refractivity contribution is 6.10. The lowest BCUT2D eigenvalue weighted by atomic mass is 9.98. The van der Waals surface area contributed by atoms with E-state index in [4.69, 9.17) is 4.99 Å². The molecule has 0 unspecified atom stereocenters. The number of nitrogens with zero attached hydrogens (tertiary/aromatic N) is 2. The van der Waals surface area contributed by atoms with Crippen LogP contribution in [0.4, 0.5) is 0 Å². The van der Waals surface area contributed by atoms with Gasteiger partial charge >= 0.3 is 0 Å². The van der Waals surface area contributed by atoms with Crippen LogP contribution in [0.3, 0.4) is 0 Å². The molecular formula is C31H32N2. The SMILES string of the molecule is Cc1cc(C)cc(C(=C/Cc2ccccc2C)/C=N/[C@@H](C)n2cccc2-c2ccccc2)c1. The predicted molar refractivity (Wildman–Crippen MR) is 142 cm³/mol. The molecule has 2 heteroatoms. The second-order valence-electron chi connectivity index (χ2n) is 8.74. The quantitative estimate of drug-likeness (QED) is 0.263. The summed E-state index contributed by atoms with van der Waals surface area (Å²) in [7, 11) is 0. The van der Waals surface area contributed by atoms with Gasteiger partial charge in [-0.1, -0.05) is 90.0 Å². The van der Waals surface area contributed by atoms with Crippen molar-refractivity contribution in [3.05, 3.63) is 125 Å². The molecule has 33 heavy (non-hydrogen) atoms. The second-order valence-corrected chi connectivity index (χ2v) is 8.74. The Morgan fingerprint density at radius 1 is 0.848 bits per heavy atom. The smallest absolute Gasteiger partial charge is 0.122 e. The molecular weight excluding hydrogens is 400 g/mol. The Hall–Kier alpha value is -3.65. The van der Waals surface area contributed by atoms with Crippen LogP contribution in [0.25, 0.3) is 16.8 Å². The Balaban J connectivity index is 1.66. The van der Waals surface area contributed by atoms with Crippen molar-refractivity contribution in [1.29, 1.82) is 0 Å². The normalized spacial score (nSPS) is 12.9. The van der Waals surface area contributed by atoms with Gasteiger partial charge in [0, 0.05) is 18.1 Å². The summed E-state index contributed by atoms with van der Waals surface area (Å²) in [5.41, 5.74) is 9.95. The predicted octanol–water partition coefficient (Wildman–Crippen LogP) is 8.00. The zero-order chi connectivity index (χ0) is 23.2. The van der Waals surface area contributed by atoms with E-state index in [1.807, 2.05) is 12.3 Å². The van der Waals surface area contributed by atoms with Gasteiger partial charge in [0.2, 0.25) is 0 Å². The summed E-state index contributed by atoms with van der Waals surface area (Å²) in [5.74, 6) is 0. The van der Waals surface area contributed by atoms with Gasteiger partial charge in [-0.05, 0) is 74.1 Å². The fourth-order valence-corrected chi connectivity index (χ4v) is 4.28. The van der Waals surface area contributed by atoms with Crippen molar-refractivity contribution in [2.45, 2.75) is 40.3 Å². The summed E-state index contributed by atoms with van der Waals surface area (Å²) in [6.45, 7) is 8.62. The van der Waals surface area contributed by atoms with Crippen LogP contribution in [0.2, 0.25) is 0 Å². The summed E-state index contributed by atoms with van der Waals surface area (Å²) >= 11 is 0. The molecule has 4 aromatic rings. The summed E-state index contributed by atoms with van der Waals surface area (Å²) in [4.78, 5) is 4.99. The number of rotatable bonds is 7. The molecule has 4 rings (SSSR count). The Morgan fingerprint density at radius 2 is 1.55 bits per heavy atom. The molecule has 0 saturated heterocycles. The molecule has 0 aliphatic heterocycles. The van der Waals surface area contributed by atoms with Gasteiger partial charge in [0.05, 0.1) is 0 Å². The Morgan fingerprint density at radius 3 is 2.27 bits per heavy atom. The highest BCUT2D eigenvalue weighted by Crippen LogP contribution is 2.25. The molecule has 0 bridgehead atoms. The van der Waals surface area contributed by atoms with E-state index in [2.05, 4.69) is 123 Å². The topological polar surface area (TPSA) is 17.3 Å². The van der Waals surface area contributed by atoms with Crippen LogP contribution in [-0.2, 0) is 6.42 Å². The molecule has 0 spiro atoms. The molecule has 0 aliphatic carbocycles. The first kappa shape index (κ1) is 22.5. The summed E-state index contributed by atoms with van der Waals surface area (Å²) in [5, 5.41) is 0. The average molecular weight is 433 g/mol. The van der Waals surface area contributed by atoms with Gasteiger partial charge in [0.1, 0.15) is 6.17 Å². The first-order valence-electron chi connectivity index (χ1n) is 11.6. The van der Waals surface area contributed by atoms with Gasteiger partial charge < -0.3 is 4.57 Å². The summed E-state index contributed by atoms with van der Waals surface area (Å²) in [6, 6.07) is 30.0. The number of aromatic nitrogens is 1. The van der Waals surface area contributed by atoms with Crippen molar-refractivity contribution < 1.29 is 0 Å². The Labute approximate surface area is 198 Å². The first-order valence-corrected chi connectivity index (χ1v) is 11.6. The molecule has 1 atom stereocenters. The molecule has 0 radical (unpaired) electrons. The van der Waals surface area contributed by atoms with Crippen LogP contribution in [0.15, 0.2) is 102 Å². The van der Waals surface area contributed by atoms with Crippen molar-refractivity contribution in [3.8, 4) is 11.3 Å². The number of aryl methyl sites for hydroxylation is 3. The van der Waals surface area contributed by atoms with Crippen LogP contribution in [0.5, 0.6) is 0 Å². The van der Waals surface area contributed by atoms with Gasteiger partial charge in [-0.25, -0.2) is 0 Å². The molecule has 0 fully saturated rings. The third-order valence-electron chi connectivity index (χ3n) is 6.04. The number of benzene rings is 3. The third-order valence-corrected chi connectivity index (χ3v) is 6.04. The van der Waals surface area contributed by atoms with Crippen LogP contribution in [0, 0.1) is 20.8 Å². The van der Waals surface area contributed by atoms with E-state index in [-0.39, 0.29) is 6.17 Å². The zero-order valence-corrected chi connectivity index (χ0v) is 20.0. The zero-order valence-electron chi connectivity index (χ0n) is 20.0. The monoisotopic (exact) mass is 432 g/mol. The number of allylic oxidation sites excluding steroid dienone is 2. The van der Waals surface area contributed by atoms with Gasteiger partial charge in [-0.3, -0.25) is 4.99 Å².